The first-order valence-corrected chi connectivity index (χ1v) is 13.5. The van der Waals surface area contributed by atoms with Crippen molar-refractivity contribution in [2.75, 3.05) is 18.1 Å². The Morgan fingerprint density at radius 3 is 2.74 bits per heavy atom. The number of aliphatic imine (C=N–C) groups is 1. The second kappa shape index (κ2) is 13.4. The largest absolute Gasteiger partial charge is 0.507 e. The van der Waals surface area contributed by atoms with Gasteiger partial charge in [-0.3, -0.25) is 0 Å². The van der Waals surface area contributed by atoms with E-state index in [9.17, 15) is 5.11 Å². The highest BCUT2D eigenvalue weighted by Crippen LogP contribution is 2.47. The van der Waals surface area contributed by atoms with Crippen LogP contribution >= 0.6 is 27.7 Å². The summed E-state index contributed by atoms with van der Waals surface area (Å²) in [7, 11) is 1.77. The molecule has 2 atom stereocenters. The van der Waals surface area contributed by atoms with E-state index in [4.69, 9.17) is 4.74 Å². The number of benzene rings is 1. The Kier molecular flexibility index (Phi) is 11.2. The molecule has 0 fully saturated rings. The molecule has 1 N–H and O–H groups in total. The Morgan fingerprint density at radius 1 is 1.32 bits per heavy atom. The van der Waals surface area contributed by atoms with Crippen LogP contribution in [0.3, 0.4) is 0 Å². The van der Waals surface area contributed by atoms with Crippen molar-refractivity contribution in [1.82, 2.24) is 0 Å². The summed E-state index contributed by atoms with van der Waals surface area (Å²) in [6.07, 6.45) is 9.88. The van der Waals surface area contributed by atoms with Gasteiger partial charge in [0.2, 0.25) is 0 Å². The quantitative estimate of drug-likeness (QED) is 0.114. The van der Waals surface area contributed by atoms with Gasteiger partial charge in [-0.05, 0) is 69.6 Å². The predicted octanol–water partition coefficient (Wildman–Crippen LogP) is 8.02. The van der Waals surface area contributed by atoms with Crippen LogP contribution in [0.15, 0.2) is 40.9 Å². The van der Waals surface area contributed by atoms with Crippen molar-refractivity contribution in [3.63, 3.8) is 0 Å². The molecule has 5 heteroatoms. The van der Waals surface area contributed by atoms with Crippen LogP contribution < -0.4 is 4.74 Å². The van der Waals surface area contributed by atoms with Gasteiger partial charge >= 0.3 is 0 Å². The zero-order chi connectivity index (χ0) is 22.8. The third-order valence-electron chi connectivity index (χ3n) is 5.85. The first kappa shape index (κ1) is 26.1. The number of hydrogen-bond donors (Lipinski definition) is 1. The summed E-state index contributed by atoms with van der Waals surface area (Å²) < 4.78 is 6.36. The van der Waals surface area contributed by atoms with Gasteiger partial charge in [0.1, 0.15) is 11.5 Å². The second-order valence-electron chi connectivity index (χ2n) is 8.50. The van der Waals surface area contributed by atoms with Crippen LogP contribution in [-0.4, -0.2) is 28.5 Å². The van der Waals surface area contributed by atoms with Gasteiger partial charge in [0.25, 0.3) is 5.23 Å². The fourth-order valence-electron chi connectivity index (χ4n) is 4.16. The molecule has 1 aliphatic rings. The molecule has 0 aliphatic heterocycles. The summed E-state index contributed by atoms with van der Waals surface area (Å²) in [4.78, 5) is 4.37. The van der Waals surface area contributed by atoms with E-state index in [-0.39, 0.29) is 5.92 Å². The first-order chi connectivity index (χ1) is 14.9. The molecule has 0 aromatic heterocycles. The normalized spacial score (nSPS) is 19.3. The lowest BCUT2D eigenvalue weighted by Gasteiger charge is -2.32. The summed E-state index contributed by atoms with van der Waals surface area (Å²) >= 11 is 5.11. The van der Waals surface area contributed by atoms with Gasteiger partial charge in [0.15, 0.2) is 0 Å². The second-order valence-corrected chi connectivity index (χ2v) is 10.3. The van der Waals surface area contributed by atoms with Crippen molar-refractivity contribution in [1.29, 1.82) is 0 Å². The molecule has 31 heavy (non-hydrogen) atoms. The Morgan fingerprint density at radius 2 is 2.10 bits per heavy atom. The molecule has 0 spiro atoms. The lowest BCUT2D eigenvalue weighted by atomic mass is 9.73. The van der Waals surface area contributed by atoms with Crippen LogP contribution in [0.25, 0.3) is 0 Å². The van der Waals surface area contributed by atoms with Gasteiger partial charge in [-0.1, -0.05) is 71.3 Å². The van der Waals surface area contributed by atoms with E-state index in [0.29, 0.717) is 16.9 Å². The highest BCUT2D eigenvalue weighted by Gasteiger charge is 2.31. The number of hydrogen-bond acceptors (Lipinski definition) is 4. The fraction of sp³-hybridized carbons (Fsp3) is 0.577. The molecule has 2 rings (SSSR count). The van der Waals surface area contributed by atoms with Gasteiger partial charge in [-0.2, -0.15) is 0 Å². The Labute approximate surface area is 201 Å². The van der Waals surface area contributed by atoms with Gasteiger partial charge in [0.05, 0.1) is 0 Å². The summed E-state index contributed by atoms with van der Waals surface area (Å²) in [6.45, 7) is 10.7. The number of halogens is 1. The average molecular weight is 509 g/mol. The van der Waals surface area contributed by atoms with Crippen LogP contribution in [0, 0.1) is 5.92 Å². The number of nitrogens with zero attached hydrogens (tertiary/aromatic N) is 1. The van der Waals surface area contributed by atoms with E-state index in [1.54, 1.807) is 18.8 Å². The molecule has 0 radical (unpaired) electrons. The Balaban J connectivity index is 2.47. The van der Waals surface area contributed by atoms with E-state index in [0.717, 1.165) is 65.6 Å². The van der Waals surface area contributed by atoms with E-state index in [1.807, 2.05) is 6.07 Å². The Bertz CT molecular complexity index is 803. The minimum Gasteiger partial charge on any atom is -0.507 e. The summed E-state index contributed by atoms with van der Waals surface area (Å²) in [5, 5.41) is 12.8. The lowest BCUT2D eigenvalue weighted by molar-refractivity contribution is 0.423. The highest BCUT2D eigenvalue weighted by atomic mass is 79.9. The van der Waals surface area contributed by atoms with Crippen molar-refractivity contribution >= 4 is 32.9 Å². The number of allylic oxidation sites excluding steroid dienone is 3. The maximum Gasteiger partial charge on any atom is 0.251 e. The summed E-state index contributed by atoms with van der Waals surface area (Å²) in [6, 6.07) is 4.06. The zero-order valence-corrected chi connectivity index (χ0v) is 21.9. The molecule has 0 saturated carbocycles. The minimum atomic E-state index is 0.0663. The van der Waals surface area contributed by atoms with Crippen molar-refractivity contribution in [2.24, 2.45) is 10.9 Å². The summed E-state index contributed by atoms with van der Waals surface area (Å²) in [5.74, 6) is 2.36. The number of thioether (sulfide) groups is 1. The smallest absolute Gasteiger partial charge is 0.251 e. The molecule has 1 aromatic rings. The molecule has 0 unspecified atom stereocenters. The molecule has 0 bridgehead atoms. The van der Waals surface area contributed by atoms with E-state index in [2.05, 4.69) is 60.4 Å². The molecule has 0 heterocycles. The maximum atomic E-state index is 11.2. The third-order valence-corrected chi connectivity index (χ3v) is 7.41. The number of aromatic hydroxyl groups is 1. The number of phenols is 1. The van der Waals surface area contributed by atoms with Crippen molar-refractivity contribution < 1.29 is 9.84 Å². The van der Waals surface area contributed by atoms with Crippen LogP contribution in [0.4, 0.5) is 0 Å². The number of ether oxygens (including phenoxy) is 1. The van der Waals surface area contributed by atoms with Crippen molar-refractivity contribution in [2.45, 2.75) is 71.6 Å². The third kappa shape index (κ3) is 7.71. The SMILES string of the molecule is C=C(C)[C@@H]1CCC(C)=C[C@H]1c1c(O)cc(CCCCC)cc1O/C(=N\C)SCCCBr. The fourth-order valence-corrected chi connectivity index (χ4v) is 5.56. The monoisotopic (exact) mass is 507 g/mol. The predicted molar refractivity (Wildman–Crippen MR) is 140 cm³/mol. The molecule has 0 saturated heterocycles. The van der Waals surface area contributed by atoms with Gasteiger partial charge in [0, 0.05) is 29.6 Å². The van der Waals surface area contributed by atoms with Gasteiger partial charge < -0.3 is 9.84 Å². The Hall–Kier alpha value is -1.20. The summed E-state index contributed by atoms with van der Waals surface area (Å²) in [5.41, 5.74) is 4.50. The number of unbranched alkanes of at least 4 members (excludes halogenated alkanes) is 2. The van der Waals surface area contributed by atoms with Crippen LogP contribution in [0.2, 0.25) is 0 Å². The standard InChI is InChI=1S/C26H38BrNO2S/c1-6-7-8-10-20-16-23(29)25(22-15-19(4)11-12-21(22)18(2)3)24(17-20)30-26(28-5)31-14-9-13-27/h15-17,21-22,29H,2,6-14H2,1,3-5H3/b28-26+/t21-,22+/m0/s1. The number of rotatable bonds is 10. The number of phenolic OH excluding ortho intramolecular Hbond substituents is 1. The molecule has 1 aromatic carbocycles. The van der Waals surface area contributed by atoms with Crippen LogP contribution in [-0.2, 0) is 6.42 Å². The van der Waals surface area contributed by atoms with Gasteiger partial charge in [-0.25, -0.2) is 4.99 Å². The lowest BCUT2D eigenvalue weighted by Crippen LogP contribution is -2.19. The molecular weight excluding hydrogens is 470 g/mol. The van der Waals surface area contributed by atoms with Crippen molar-refractivity contribution in [3.05, 3.63) is 47.1 Å². The van der Waals surface area contributed by atoms with Gasteiger partial charge in [-0.15, -0.1) is 0 Å². The van der Waals surface area contributed by atoms with Crippen molar-refractivity contribution in [3.8, 4) is 11.5 Å². The molecular formula is C26H38BrNO2S. The molecule has 3 nitrogen and oxygen atoms in total. The van der Waals surface area contributed by atoms with Crippen LogP contribution in [0.1, 0.15) is 76.3 Å². The topological polar surface area (TPSA) is 41.8 Å². The molecule has 1 aliphatic carbocycles. The first-order valence-electron chi connectivity index (χ1n) is 11.4. The van der Waals surface area contributed by atoms with E-state index in [1.165, 1.54) is 18.4 Å². The zero-order valence-electron chi connectivity index (χ0n) is 19.5. The van der Waals surface area contributed by atoms with E-state index >= 15 is 0 Å². The minimum absolute atomic E-state index is 0.0663. The molecule has 0 amide bonds. The number of aryl methyl sites for hydroxylation is 1. The van der Waals surface area contributed by atoms with Crippen LogP contribution in [0.5, 0.6) is 11.5 Å². The van der Waals surface area contributed by atoms with E-state index < -0.39 is 0 Å². The average Bonchev–Trinajstić information content (AvgIpc) is 2.73. The maximum absolute atomic E-state index is 11.2. The molecule has 172 valence electrons. The highest BCUT2D eigenvalue weighted by molar-refractivity contribution is 9.09. The number of alkyl halides is 1.